The molecule has 0 amide bonds. The Morgan fingerprint density at radius 2 is 1.59 bits per heavy atom. The zero-order valence-corrected chi connectivity index (χ0v) is 13.1. The van der Waals surface area contributed by atoms with Crippen molar-refractivity contribution in [2.75, 3.05) is 6.61 Å². The van der Waals surface area contributed by atoms with Gasteiger partial charge in [0.15, 0.2) is 11.6 Å². The fourth-order valence-corrected chi connectivity index (χ4v) is 2.34. The molecule has 2 rings (SSSR count). The number of carbonyl (C=O) groups is 2. The second-order valence-corrected chi connectivity index (χ2v) is 5.19. The minimum atomic E-state index is -0.120. The van der Waals surface area contributed by atoms with Gasteiger partial charge in [0.25, 0.3) is 0 Å². The maximum absolute atomic E-state index is 12.1. The van der Waals surface area contributed by atoms with Crippen LogP contribution in [0.5, 0.6) is 5.75 Å². The summed E-state index contributed by atoms with van der Waals surface area (Å²) in [6.45, 7) is 2.49. The van der Waals surface area contributed by atoms with Crippen molar-refractivity contribution in [3.05, 3.63) is 64.7 Å². The van der Waals surface area contributed by atoms with Crippen LogP contribution in [0.1, 0.15) is 40.5 Å². The quantitative estimate of drug-likeness (QED) is 0.702. The van der Waals surface area contributed by atoms with Crippen molar-refractivity contribution in [2.45, 2.75) is 19.8 Å². The molecule has 0 aliphatic heterocycles. The standard InChI is InChI=1S/C18H17ClO3/c1-2-22-14-9-7-13(8-10-14)17(20)11-12-18(21)15-5-3-4-6-16(15)19/h3-10H,2,11-12H2,1H3. The fraction of sp³-hybridized carbons (Fsp3) is 0.222. The minimum Gasteiger partial charge on any atom is -0.494 e. The number of rotatable bonds is 7. The first-order valence-electron chi connectivity index (χ1n) is 7.15. The second-order valence-electron chi connectivity index (χ2n) is 4.78. The smallest absolute Gasteiger partial charge is 0.164 e. The maximum Gasteiger partial charge on any atom is 0.164 e. The van der Waals surface area contributed by atoms with E-state index in [0.717, 1.165) is 5.75 Å². The summed E-state index contributed by atoms with van der Waals surface area (Å²) in [6.07, 6.45) is 0.313. The van der Waals surface area contributed by atoms with E-state index in [1.807, 2.05) is 6.92 Å². The molecule has 0 saturated heterocycles. The molecule has 4 heteroatoms. The van der Waals surface area contributed by atoms with Crippen LogP contribution in [0.25, 0.3) is 0 Å². The van der Waals surface area contributed by atoms with E-state index >= 15 is 0 Å². The van der Waals surface area contributed by atoms with E-state index in [4.69, 9.17) is 16.3 Å². The molecule has 0 aliphatic rings. The molecule has 3 nitrogen and oxygen atoms in total. The van der Waals surface area contributed by atoms with Crippen molar-refractivity contribution in [1.29, 1.82) is 0 Å². The van der Waals surface area contributed by atoms with Crippen molar-refractivity contribution in [3.8, 4) is 5.75 Å². The summed E-state index contributed by atoms with van der Waals surface area (Å²) in [4.78, 5) is 24.2. The topological polar surface area (TPSA) is 43.4 Å². The maximum atomic E-state index is 12.1. The Labute approximate surface area is 134 Å². The van der Waals surface area contributed by atoms with Crippen LogP contribution in [0, 0.1) is 0 Å². The highest BCUT2D eigenvalue weighted by atomic mass is 35.5. The van der Waals surface area contributed by atoms with Gasteiger partial charge in [-0.25, -0.2) is 0 Å². The lowest BCUT2D eigenvalue weighted by molar-refractivity contribution is 0.0917. The van der Waals surface area contributed by atoms with Gasteiger partial charge in [0.05, 0.1) is 11.6 Å². The molecule has 0 atom stereocenters. The summed E-state index contributed by atoms with van der Waals surface area (Å²) >= 11 is 5.98. The van der Waals surface area contributed by atoms with Gasteiger partial charge in [-0.05, 0) is 43.3 Å². The molecule has 0 N–H and O–H groups in total. The summed E-state index contributed by atoms with van der Waals surface area (Å²) < 4.78 is 5.33. The highest BCUT2D eigenvalue weighted by Gasteiger charge is 2.13. The number of carbonyl (C=O) groups excluding carboxylic acids is 2. The molecule has 0 bridgehead atoms. The Kier molecular flexibility index (Phi) is 5.73. The highest BCUT2D eigenvalue weighted by molar-refractivity contribution is 6.34. The van der Waals surface area contributed by atoms with E-state index < -0.39 is 0 Å². The summed E-state index contributed by atoms with van der Waals surface area (Å²) in [6, 6.07) is 13.8. The van der Waals surface area contributed by atoms with E-state index in [2.05, 4.69) is 0 Å². The third kappa shape index (κ3) is 4.18. The molecular weight excluding hydrogens is 300 g/mol. The first kappa shape index (κ1) is 16.2. The van der Waals surface area contributed by atoms with Crippen molar-refractivity contribution >= 4 is 23.2 Å². The van der Waals surface area contributed by atoms with Gasteiger partial charge in [0.2, 0.25) is 0 Å². The van der Waals surface area contributed by atoms with E-state index in [0.29, 0.717) is 22.8 Å². The normalized spacial score (nSPS) is 10.3. The molecule has 2 aromatic carbocycles. The highest BCUT2D eigenvalue weighted by Crippen LogP contribution is 2.19. The Morgan fingerprint density at radius 1 is 0.955 bits per heavy atom. The number of Topliss-reactive ketones (excluding diaryl/α,β-unsaturated/α-hetero) is 2. The molecule has 0 heterocycles. The van der Waals surface area contributed by atoms with Crippen LogP contribution in [0.15, 0.2) is 48.5 Å². The Bertz CT molecular complexity index is 662. The van der Waals surface area contributed by atoms with Crippen LogP contribution in [0.4, 0.5) is 0 Å². The van der Waals surface area contributed by atoms with Crippen LogP contribution in [-0.2, 0) is 0 Å². The van der Waals surface area contributed by atoms with Crippen LogP contribution >= 0.6 is 11.6 Å². The van der Waals surface area contributed by atoms with Gasteiger partial charge in [-0.15, -0.1) is 0 Å². The molecule has 0 radical (unpaired) electrons. The number of halogens is 1. The third-order valence-electron chi connectivity index (χ3n) is 3.24. The summed E-state index contributed by atoms with van der Waals surface area (Å²) in [5.74, 6) is 0.541. The summed E-state index contributed by atoms with van der Waals surface area (Å²) in [5.41, 5.74) is 1.04. The van der Waals surface area contributed by atoms with Gasteiger partial charge in [-0.3, -0.25) is 9.59 Å². The average molecular weight is 317 g/mol. The third-order valence-corrected chi connectivity index (χ3v) is 3.57. The van der Waals surface area contributed by atoms with Gasteiger partial charge in [-0.1, -0.05) is 23.7 Å². The molecule has 0 aromatic heterocycles. The first-order valence-corrected chi connectivity index (χ1v) is 7.53. The van der Waals surface area contributed by atoms with E-state index in [-0.39, 0.29) is 24.4 Å². The van der Waals surface area contributed by atoms with Crippen LogP contribution < -0.4 is 4.74 Å². The Hall–Kier alpha value is -2.13. The monoisotopic (exact) mass is 316 g/mol. The zero-order valence-electron chi connectivity index (χ0n) is 12.3. The molecular formula is C18H17ClO3. The molecule has 22 heavy (non-hydrogen) atoms. The van der Waals surface area contributed by atoms with Gasteiger partial charge >= 0.3 is 0 Å². The van der Waals surface area contributed by atoms with Gasteiger partial charge in [-0.2, -0.15) is 0 Å². The largest absolute Gasteiger partial charge is 0.494 e. The number of ketones is 2. The lowest BCUT2D eigenvalue weighted by atomic mass is 10.0. The van der Waals surface area contributed by atoms with Crippen LogP contribution in [0.2, 0.25) is 5.02 Å². The minimum absolute atomic E-state index is 0.0662. The molecule has 0 aliphatic carbocycles. The van der Waals surface area contributed by atoms with Crippen molar-refractivity contribution in [1.82, 2.24) is 0 Å². The van der Waals surface area contributed by atoms with Gasteiger partial charge in [0, 0.05) is 24.0 Å². The number of benzene rings is 2. The van der Waals surface area contributed by atoms with Gasteiger partial charge in [0.1, 0.15) is 5.75 Å². The number of ether oxygens (including phenoxy) is 1. The molecule has 0 fully saturated rings. The van der Waals surface area contributed by atoms with Crippen LogP contribution in [-0.4, -0.2) is 18.2 Å². The first-order chi connectivity index (χ1) is 10.6. The predicted octanol–water partition coefficient (Wildman–Crippen LogP) is 4.58. The molecule has 0 saturated carbocycles. The Balaban J connectivity index is 1.95. The van der Waals surface area contributed by atoms with E-state index in [9.17, 15) is 9.59 Å². The molecule has 114 valence electrons. The predicted molar refractivity (Wildman–Crippen MR) is 87.0 cm³/mol. The summed E-state index contributed by atoms with van der Waals surface area (Å²) in [5, 5.41) is 0.418. The van der Waals surface area contributed by atoms with E-state index in [1.165, 1.54) is 0 Å². The summed E-state index contributed by atoms with van der Waals surface area (Å²) in [7, 11) is 0. The van der Waals surface area contributed by atoms with Crippen molar-refractivity contribution in [2.24, 2.45) is 0 Å². The SMILES string of the molecule is CCOc1ccc(C(=O)CCC(=O)c2ccccc2Cl)cc1. The van der Waals surface area contributed by atoms with Gasteiger partial charge < -0.3 is 4.74 Å². The van der Waals surface area contributed by atoms with Crippen molar-refractivity contribution in [3.63, 3.8) is 0 Å². The second kappa shape index (κ2) is 7.76. The van der Waals surface area contributed by atoms with Crippen molar-refractivity contribution < 1.29 is 14.3 Å². The number of hydrogen-bond donors (Lipinski definition) is 0. The average Bonchev–Trinajstić information content (AvgIpc) is 2.54. The molecule has 0 unspecified atom stereocenters. The Morgan fingerprint density at radius 3 is 2.23 bits per heavy atom. The molecule has 0 spiro atoms. The molecule has 2 aromatic rings. The lowest BCUT2D eigenvalue weighted by Gasteiger charge is -2.05. The van der Waals surface area contributed by atoms with E-state index in [1.54, 1.807) is 48.5 Å². The zero-order chi connectivity index (χ0) is 15.9. The fourth-order valence-electron chi connectivity index (χ4n) is 2.10. The number of hydrogen-bond acceptors (Lipinski definition) is 3. The lowest BCUT2D eigenvalue weighted by Crippen LogP contribution is -2.06. The van der Waals surface area contributed by atoms with Crippen LogP contribution in [0.3, 0.4) is 0 Å².